The van der Waals surface area contributed by atoms with Gasteiger partial charge in [0.1, 0.15) is 11.2 Å². The van der Waals surface area contributed by atoms with Gasteiger partial charge in [-0.25, -0.2) is 0 Å². The molecule has 0 radical (unpaired) electrons. The molecule has 2 heteroatoms. The van der Waals surface area contributed by atoms with E-state index in [1.165, 1.54) is 21.9 Å². The molecule has 142 valence electrons. The van der Waals surface area contributed by atoms with Gasteiger partial charge < -0.3 is 4.42 Å². The molecule has 0 spiro atoms. The van der Waals surface area contributed by atoms with Crippen molar-refractivity contribution in [3.63, 3.8) is 0 Å². The van der Waals surface area contributed by atoms with Gasteiger partial charge in [-0.05, 0) is 59.2 Å². The second-order valence-electron chi connectivity index (χ2n) is 7.78. The molecule has 30 heavy (non-hydrogen) atoms. The van der Waals surface area contributed by atoms with E-state index in [1.807, 2.05) is 24.4 Å². The third-order valence-electron chi connectivity index (χ3n) is 5.77. The number of furan rings is 1. The zero-order valence-corrected chi connectivity index (χ0v) is 16.6. The Bertz CT molecular complexity index is 1560. The van der Waals surface area contributed by atoms with Crippen LogP contribution in [0.15, 0.2) is 102 Å². The Hall–Kier alpha value is -3.91. The average molecular weight is 385 g/mol. The third-order valence-corrected chi connectivity index (χ3v) is 5.77. The first kappa shape index (κ1) is 17.0. The molecule has 0 fully saturated rings. The predicted octanol–water partition coefficient (Wildman–Crippen LogP) is 7.78. The van der Waals surface area contributed by atoms with E-state index < -0.39 is 0 Å². The standard InChI is InChI=1S/C28H19NO/c1-18-9-10-19-11-12-20(16-22(19)15-18)21-13-14-29-26(17-21)25-7-4-6-24-23-5-2-3-8-27(23)30-28(24)25/h2-17H,1H3. The molecule has 0 saturated carbocycles. The van der Waals surface area contributed by atoms with Crippen molar-refractivity contribution in [2.75, 3.05) is 0 Å². The smallest absolute Gasteiger partial charge is 0.144 e. The van der Waals surface area contributed by atoms with E-state index in [4.69, 9.17) is 4.42 Å². The van der Waals surface area contributed by atoms with E-state index in [9.17, 15) is 0 Å². The molecular weight excluding hydrogens is 366 g/mol. The highest BCUT2D eigenvalue weighted by molar-refractivity contribution is 6.09. The molecule has 0 atom stereocenters. The highest BCUT2D eigenvalue weighted by Gasteiger charge is 2.13. The van der Waals surface area contributed by atoms with Crippen molar-refractivity contribution in [3.8, 4) is 22.4 Å². The fraction of sp³-hybridized carbons (Fsp3) is 0.0357. The van der Waals surface area contributed by atoms with Gasteiger partial charge in [0.2, 0.25) is 0 Å². The van der Waals surface area contributed by atoms with Crippen LogP contribution in [0.1, 0.15) is 5.56 Å². The Kier molecular flexibility index (Phi) is 3.72. The highest BCUT2D eigenvalue weighted by atomic mass is 16.3. The third kappa shape index (κ3) is 2.69. The van der Waals surface area contributed by atoms with Gasteiger partial charge in [-0.2, -0.15) is 0 Å². The number of pyridine rings is 1. The Morgan fingerprint density at radius 2 is 1.50 bits per heavy atom. The summed E-state index contributed by atoms with van der Waals surface area (Å²) in [6.07, 6.45) is 1.88. The number of nitrogens with zero attached hydrogens (tertiary/aromatic N) is 1. The summed E-state index contributed by atoms with van der Waals surface area (Å²) in [4.78, 5) is 4.67. The first-order valence-electron chi connectivity index (χ1n) is 10.1. The van der Waals surface area contributed by atoms with Gasteiger partial charge in [-0.1, -0.05) is 66.2 Å². The van der Waals surface area contributed by atoms with E-state index in [1.54, 1.807) is 0 Å². The first-order chi connectivity index (χ1) is 14.8. The fourth-order valence-corrected chi connectivity index (χ4v) is 4.25. The summed E-state index contributed by atoms with van der Waals surface area (Å²) in [5.74, 6) is 0. The molecule has 0 saturated heterocycles. The van der Waals surface area contributed by atoms with Crippen LogP contribution in [-0.2, 0) is 0 Å². The SMILES string of the molecule is Cc1ccc2ccc(-c3ccnc(-c4cccc5c4oc4ccccc45)c3)cc2c1. The summed E-state index contributed by atoms with van der Waals surface area (Å²) >= 11 is 0. The molecule has 2 aromatic heterocycles. The average Bonchev–Trinajstić information content (AvgIpc) is 3.17. The minimum atomic E-state index is 0.887. The monoisotopic (exact) mass is 385 g/mol. The van der Waals surface area contributed by atoms with Crippen molar-refractivity contribution >= 4 is 32.7 Å². The maximum atomic E-state index is 6.21. The van der Waals surface area contributed by atoms with E-state index in [0.29, 0.717) is 0 Å². The summed E-state index contributed by atoms with van der Waals surface area (Å²) in [7, 11) is 0. The first-order valence-corrected chi connectivity index (χ1v) is 10.1. The van der Waals surface area contributed by atoms with Crippen molar-refractivity contribution in [2.24, 2.45) is 0 Å². The number of hydrogen-bond acceptors (Lipinski definition) is 2. The van der Waals surface area contributed by atoms with Crippen molar-refractivity contribution in [1.82, 2.24) is 4.98 Å². The Morgan fingerprint density at radius 3 is 2.47 bits per heavy atom. The van der Waals surface area contributed by atoms with Crippen LogP contribution >= 0.6 is 0 Å². The van der Waals surface area contributed by atoms with Gasteiger partial charge >= 0.3 is 0 Å². The molecule has 0 aliphatic heterocycles. The number of hydrogen-bond donors (Lipinski definition) is 0. The normalized spacial score (nSPS) is 11.5. The fourth-order valence-electron chi connectivity index (χ4n) is 4.25. The van der Waals surface area contributed by atoms with Crippen LogP contribution in [0.3, 0.4) is 0 Å². The molecule has 6 rings (SSSR count). The van der Waals surface area contributed by atoms with E-state index in [2.05, 4.69) is 84.7 Å². The van der Waals surface area contributed by atoms with Gasteiger partial charge in [0.25, 0.3) is 0 Å². The molecule has 0 unspecified atom stereocenters. The lowest BCUT2D eigenvalue weighted by molar-refractivity contribution is 0.670. The van der Waals surface area contributed by atoms with Gasteiger partial charge in [-0.15, -0.1) is 0 Å². The zero-order chi connectivity index (χ0) is 20.1. The quantitative estimate of drug-likeness (QED) is 0.304. The van der Waals surface area contributed by atoms with Crippen molar-refractivity contribution in [3.05, 3.63) is 103 Å². The van der Waals surface area contributed by atoms with Crippen LogP contribution < -0.4 is 0 Å². The van der Waals surface area contributed by atoms with Gasteiger partial charge in [0, 0.05) is 22.5 Å². The van der Waals surface area contributed by atoms with Crippen LogP contribution in [0.5, 0.6) is 0 Å². The lowest BCUT2D eigenvalue weighted by atomic mass is 9.99. The number of aryl methyl sites for hydroxylation is 1. The second-order valence-corrected chi connectivity index (χ2v) is 7.78. The molecule has 0 aliphatic carbocycles. The number of fused-ring (bicyclic) bond motifs is 4. The molecule has 6 aromatic rings. The molecule has 0 N–H and O–H groups in total. The summed E-state index contributed by atoms with van der Waals surface area (Å²) in [5.41, 5.74) is 7.33. The number of para-hydroxylation sites is 2. The Morgan fingerprint density at radius 1 is 0.667 bits per heavy atom. The maximum absolute atomic E-state index is 6.21. The molecule has 0 aliphatic rings. The summed E-state index contributed by atoms with van der Waals surface area (Å²) in [5, 5.41) is 4.77. The molecule has 2 nitrogen and oxygen atoms in total. The lowest BCUT2D eigenvalue weighted by Crippen LogP contribution is -1.86. The topological polar surface area (TPSA) is 26.0 Å². The molecule has 0 bridgehead atoms. The lowest BCUT2D eigenvalue weighted by Gasteiger charge is -2.08. The van der Waals surface area contributed by atoms with Crippen LogP contribution in [0.4, 0.5) is 0 Å². The van der Waals surface area contributed by atoms with Crippen LogP contribution in [0.25, 0.3) is 55.1 Å². The summed E-state index contributed by atoms with van der Waals surface area (Å²) in [6.45, 7) is 2.13. The molecule has 2 heterocycles. The van der Waals surface area contributed by atoms with Crippen LogP contribution in [0.2, 0.25) is 0 Å². The number of rotatable bonds is 2. The van der Waals surface area contributed by atoms with E-state index in [0.717, 1.165) is 38.8 Å². The molecular formula is C28H19NO. The minimum absolute atomic E-state index is 0.887. The largest absolute Gasteiger partial charge is 0.455 e. The number of aromatic nitrogens is 1. The summed E-state index contributed by atoms with van der Waals surface area (Å²) in [6, 6.07) is 31.8. The Balaban J connectivity index is 1.52. The van der Waals surface area contributed by atoms with E-state index >= 15 is 0 Å². The second kappa shape index (κ2) is 6.57. The zero-order valence-electron chi connectivity index (χ0n) is 16.6. The van der Waals surface area contributed by atoms with Crippen molar-refractivity contribution in [1.29, 1.82) is 0 Å². The highest BCUT2D eigenvalue weighted by Crippen LogP contribution is 2.36. The number of benzene rings is 4. The van der Waals surface area contributed by atoms with Gasteiger partial charge in [0.05, 0.1) is 5.69 Å². The molecule has 0 amide bonds. The minimum Gasteiger partial charge on any atom is -0.455 e. The van der Waals surface area contributed by atoms with Crippen LogP contribution in [0, 0.1) is 6.92 Å². The maximum Gasteiger partial charge on any atom is 0.144 e. The van der Waals surface area contributed by atoms with Crippen LogP contribution in [-0.4, -0.2) is 4.98 Å². The predicted molar refractivity (Wildman–Crippen MR) is 125 cm³/mol. The summed E-state index contributed by atoms with van der Waals surface area (Å²) < 4.78 is 6.21. The van der Waals surface area contributed by atoms with Gasteiger partial charge in [0.15, 0.2) is 0 Å². The Labute approximate surface area is 174 Å². The van der Waals surface area contributed by atoms with Gasteiger partial charge in [-0.3, -0.25) is 4.98 Å². The van der Waals surface area contributed by atoms with E-state index in [-0.39, 0.29) is 0 Å². The van der Waals surface area contributed by atoms with Crippen molar-refractivity contribution in [2.45, 2.75) is 6.92 Å². The molecule has 4 aromatic carbocycles. The van der Waals surface area contributed by atoms with Crippen molar-refractivity contribution < 1.29 is 4.42 Å².